The summed E-state index contributed by atoms with van der Waals surface area (Å²) in [6.45, 7) is 0. The molecule has 1 saturated carbocycles. The van der Waals surface area contributed by atoms with Crippen LogP contribution in [0.1, 0.15) is 35.9 Å². The molecular formula is C25H22N2O2. The summed E-state index contributed by atoms with van der Waals surface area (Å²) >= 11 is 0. The Balaban J connectivity index is 1.61. The number of anilines is 1. The number of hydrogen-bond donors (Lipinski definition) is 2. The van der Waals surface area contributed by atoms with E-state index in [1.54, 1.807) is 12.1 Å². The molecule has 4 heteroatoms. The van der Waals surface area contributed by atoms with Crippen molar-refractivity contribution in [2.45, 2.75) is 24.8 Å². The van der Waals surface area contributed by atoms with Crippen LogP contribution in [0.5, 0.6) is 5.75 Å². The molecule has 2 N–H and O–H groups in total. The Morgan fingerprint density at radius 1 is 0.862 bits per heavy atom. The summed E-state index contributed by atoms with van der Waals surface area (Å²) in [7, 11) is 0. The predicted octanol–water partition coefficient (Wildman–Crippen LogP) is 5.39. The van der Waals surface area contributed by atoms with Crippen LogP contribution < -0.4 is 5.32 Å². The van der Waals surface area contributed by atoms with Crippen LogP contribution in [0.2, 0.25) is 0 Å². The summed E-state index contributed by atoms with van der Waals surface area (Å²) in [5, 5.41) is 13.6. The van der Waals surface area contributed by atoms with Crippen LogP contribution in [-0.4, -0.2) is 16.6 Å². The smallest absolute Gasteiger partial charge is 0.144 e. The van der Waals surface area contributed by atoms with Gasteiger partial charge in [0.25, 0.3) is 0 Å². The molecule has 29 heavy (non-hydrogen) atoms. The number of carbonyl (C=O) groups is 1. The van der Waals surface area contributed by atoms with Crippen molar-refractivity contribution in [1.29, 1.82) is 0 Å². The summed E-state index contributed by atoms with van der Waals surface area (Å²) in [6, 6.07) is 25.0. The van der Waals surface area contributed by atoms with Gasteiger partial charge in [-0.3, -0.25) is 9.79 Å². The minimum absolute atomic E-state index is 0.147. The standard InChI is InChI=1S/C25H22N2O2/c28-19-10-6-9-17(13-19)25-24-22(26-20-11-4-5-12-21(20)27-25)14-18(15-23(24)29)16-7-2-1-3-8-16/h1-13,18,24-25,27-28H,14-15H2. The van der Waals surface area contributed by atoms with E-state index in [0.717, 1.165) is 29.1 Å². The summed E-state index contributed by atoms with van der Waals surface area (Å²) < 4.78 is 0. The molecular weight excluding hydrogens is 360 g/mol. The minimum atomic E-state index is -0.343. The van der Waals surface area contributed by atoms with Crippen molar-refractivity contribution in [2.24, 2.45) is 10.9 Å². The van der Waals surface area contributed by atoms with E-state index >= 15 is 0 Å². The largest absolute Gasteiger partial charge is 0.508 e. The fourth-order valence-corrected chi connectivity index (χ4v) is 4.55. The topological polar surface area (TPSA) is 61.7 Å². The number of aliphatic imine (C=N–C) groups is 1. The van der Waals surface area contributed by atoms with Crippen molar-refractivity contribution in [3.8, 4) is 5.75 Å². The Hall–Kier alpha value is -3.40. The molecule has 2 aliphatic rings. The quantitative estimate of drug-likeness (QED) is 0.624. The summed E-state index contributed by atoms with van der Waals surface area (Å²) in [6.07, 6.45) is 1.26. The maximum absolute atomic E-state index is 13.4. The third kappa shape index (κ3) is 3.31. The Kier molecular flexibility index (Phi) is 4.39. The molecule has 0 aromatic heterocycles. The molecule has 0 amide bonds. The lowest BCUT2D eigenvalue weighted by atomic mass is 9.72. The maximum atomic E-state index is 13.4. The molecule has 0 spiro atoms. The number of ketones is 1. The highest BCUT2D eigenvalue weighted by Crippen LogP contribution is 2.44. The van der Waals surface area contributed by atoms with Crippen LogP contribution in [0.15, 0.2) is 83.9 Å². The number of aromatic hydroxyl groups is 1. The Bertz CT molecular complexity index is 1090. The van der Waals surface area contributed by atoms with Gasteiger partial charge >= 0.3 is 0 Å². The second-order valence-corrected chi connectivity index (χ2v) is 7.80. The van der Waals surface area contributed by atoms with Gasteiger partial charge in [0.15, 0.2) is 0 Å². The number of carbonyl (C=O) groups excluding carboxylic acids is 1. The number of phenols is 1. The van der Waals surface area contributed by atoms with Gasteiger partial charge in [-0.2, -0.15) is 0 Å². The molecule has 3 aromatic carbocycles. The van der Waals surface area contributed by atoms with Gasteiger partial charge in [0, 0.05) is 12.1 Å². The van der Waals surface area contributed by atoms with E-state index in [4.69, 9.17) is 4.99 Å². The van der Waals surface area contributed by atoms with E-state index in [-0.39, 0.29) is 29.4 Å². The molecule has 5 rings (SSSR count). The Labute approximate surface area is 169 Å². The number of nitrogens with zero attached hydrogens (tertiary/aromatic N) is 1. The monoisotopic (exact) mass is 382 g/mol. The van der Waals surface area contributed by atoms with Crippen LogP contribution in [0, 0.1) is 5.92 Å². The predicted molar refractivity (Wildman–Crippen MR) is 115 cm³/mol. The number of nitrogens with one attached hydrogen (secondary N) is 1. The van der Waals surface area contributed by atoms with Gasteiger partial charge in [-0.15, -0.1) is 0 Å². The fraction of sp³-hybridized carbons (Fsp3) is 0.200. The Morgan fingerprint density at radius 3 is 2.45 bits per heavy atom. The van der Waals surface area contributed by atoms with E-state index in [1.807, 2.05) is 54.6 Å². The van der Waals surface area contributed by atoms with Gasteiger partial charge in [0.1, 0.15) is 11.5 Å². The average Bonchev–Trinajstić information content (AvgIpc) is 2.91. The molecule has 3 unspecified atom stereocenters. The van der Waals surface area contributed by atoms with Crippen LogP contribution in [0.3, 0.4) is 0 Å². The zero-order valence-electron chi connectivity index (χ0n) is 16.0. The fourth-order valence-electron chi connectivity index (χ4n) is 4.55. The molecule has 1 aliphatic carbocycles. The molecule has 144 valence electrons. The lowest BCUT2D eigenvalue weighted by Crippen LogP contribution is -2.38. The van der Waals surface area contributed by atoms with Gasteiger partial charge in [-0.25, -0.2) is 0 Å². The van der Waals surface area contributed by atoms with Gasteiger partial charge in [-0.05, 0) is 47.7 Å². The zero-order chi connectivity index (χ0) is 19.8. The molecule has 0 saturated heterocycles. The van der Waals surface area contributed by atoms with Crippen molar-refractivity contribution in [3.63, 3.8) is 0 Å². The van der Waals surface area contributed by atoms with Gasteiger partial charge in [-0.1, -0.05) is 54.6 Å². The highest BCUT2D eigenvalue weighted by atomic mass is 16.3. The number of fused-ring (bicyclic) bond motifs is 2. The summed E-state index contributed by atoms with van der Waals surface area (Å²) in [5.41, 5.74) is 4.76. The molecule has 3 atom stereocenters. The van der Waals surface area contributed by atoms with Crippen LogP contribution in [-0.2, 0) is 4.79 Å². The molecule has 1 heterocycles. The van der Waals surface area contributed by atoms with Gasteiger partial charge in [0.05, 0.1) is 23.3 Å². The third-order valence-electron chi connectivity index (χ3n) is 5.92. The normalized spacial score (nSPS) is 23.2. The summed E-state index contributed by atoms with van der Waals surface area (Å²) in [5.74, 6) is 0.196. The first-order chi connectivity index (χ1) is 14.2. The summed E-state index contributed by atoms with van der Waals surface area (Å²) in [4.78, 5) is 18.4. The molecule has 4 nitrogen and oxygen atoms in total. The first kappa shape index (κ1) is 17.7. The number of benzene rings is 3. The van der Waals surface area contributed by atoms with Crippen molar-refractivity contribution < 1.29 is 9.90 Å². The van der Waals surface area contributed by atoms with E-state index < -0.39 is 0 Å². The number of Topliss-reactive ketones (excluding diaryl/α,β-unsaturated/α-hetero) is 1. The molecule has 1 fully saturated rings. The van der Waals surface area contributed by atoms with Crippen molar-refractivity contribution in [1.82, 2.24) is 0 Å². The minimum Gasteiger partial charge on any atom is -0.508 e. The molecule has 3 aromatic rings. The third-order valence-corrected chi connectivity index (χ3v) is 5.92. The number of phenolic OH excluding ortho intramolecular Hbond substituents is 1. The molecule has 1 aliphatic heterocycles. The first-order valence-electron chi connectivity index (χ1n) is 9.98. The number of rotatable bonds is 2. The van der Waals surface area contributed by atoms with Crippen LogP contribution >= 0.6 is 0 Å². The van der Waals surface area contributed by atoms with E-state index in [0.29, 0.717) is 6.42 Å². The van der Waals surface area contributed by atoms with E-state index in [2.05, 4.69) is 17.4 Å². The molecule has 0 radical (unpaired) electrons. The van der Waals surface area contributed by atoms with E-state index in [9.17, 15) is 9.90 Å². The molecule has 0 bridgehead atoms. The first-order valence-corrected chi connectivity index (χ1v) is 9.98. The zero-order valence-corrected chi connectivity index (χ0v) is 16.0. The van der Waals surface area contributed by atoms with Crippen molar-refractivity contribution >= 4 is 22.9 Å². The van der Waals surface area contributed by atoms with Crippen LogP contribution in [0.25, 0.3) is 0 Å². The number of para-hydroxylation sites is 2. The average molecular weight is 382 g/mol. The lowest BCUT2D eigenvalue weighted by molar-refractivity contribution is -0.122. The second-order valence-electron chi connectivity index (χ2n) is 7.80. The lowest BCUT2D eigenvalue weighted by Gasteiger charge is -2.34. The highest BCUT2D eigenvalue weighted by Gasteiger charge is 2.41. The maximum Gasteiger partial charge on any atom is 0.144 e. The van der Waals surface area contributed by atoms with E-state index in [1.165, 1.54) is 5.56 Å². The highest BCUT2D eigenvalue weighted by molar-refractivity contribution is 6.10. The van der Waals surface area contributed by atoms with Gasteiger partial charge in [0.2, 0.25) is 0 Å². The Morgan fingerprint density at radius 2 is 1.62 bits per heavy atom. The van der Waals surface area contributed by atoms with Crippen molar-refractivity contribution in [3.05, 3.63) is 90.0 Å². The van der Waals surface area contributed by atoms with Crippen molar-refractivity contribution in [2.75, 3.05) is 5.32 Å². The second kappa shape index (κ2) is 7.21. The van der Waals surface area contributed by atoms with Gasteiger partial charge < -0.3 is 10.4 Å². The SMILES string of the molecule is O=C1CC(c2ccccc2)CC2=Nc3ccccc3NC(c3cccc(O)c3)C12. The number of hydrogen-bond acceptors (Lipinski definition) is 4. The van der Waals surface area contributed by atoms with Crippen LogP contribution in [0.4, 0.5) is 11.4 Å².